The molecule has 146 valence electrons. The van der Waals surface area contributed by atoms with Gasteiger partial charge in [0, 0.05) is 30.8 Å². The number of para-hydroxylation sites is 1. The van der Waals surface area contributed by atoms with Crippen LogP contribution in [0.3, 0.4) is 0 Å². The number of carbonyl (C=O) groups is 2. The molecule has 0 saturated carbocycles. The van der Waals surface area contributed by atoms with Crippen molar-refractivity contribution in [2.45, 2.75) is 26.2 Å². The van der Waals surface area contributed by atoms with Crippen molar-refractivity contribution in [1.29, 1.82) is 0 Å². The first-order chi connectivity index (χ1) is 13.6. The van der Waals surface area contributed by atoms with Gasteiger partial charge in [-0.3, -0.25) is 9.59 Å². The molecule has 2 aromatic rings. The number of hydrogen-bond acceptors (Lipinski definition) is 4. The third-order valence-corrected chi connectivity index (χ3v) is 4.72. The Hall–Kier alpha value is -2.92. The average molecular weight is 378 g/mol. The van der Waals surface area contributed by atoms with Gasteiger partial charge in [-0.1, -0.05) is 30.3 Å². The first-order valence-electron chi connectivity index (χ1n) is 9.68. The average Bonchev–Trinajstić information content (AvgIpc) is 3.20. The minimum atomic E-state index is -0.393. The quantitative estimate of drug-likeness (QED) is 0.451. The van der Waals surface area contributed by atoms with Crippen molar-refractivity contribution < 1.29 is 14.3 Å². The predicted molar refractivity (Wildman–Crippen MR) is 111 cm³/mol. The van der Waals surface area contributed by atoms with Crippen LogP contribution in [0.25, 0.3) is 6.08 Å². The van der Waals surface area contributed by atoms with Crippen LogP contribution < -0.4 is 10.1 Å². The zero-order chi connectivity index (χ0) is 19.8. The van der Waals surface area contributed by atoms with Crippen LogP contribution in [0.15, 0.2) is 54.6 Å². The third-order valence-electron chi connectivity index (χ3n) is 4.72. The Morgan fingerprint density at radius 1 is 1.07 bits per heavy atom. The summed E-state index contributed by atoms with van der Waals surface area (Å²) >= 11 is 0. The highest BCUT2D eigenvalue weighted by molar-refractivity contribution is 6.02. The lowest BCUT2D eigenvalue weighted by Gasteiger charge is -2.14. The van der Waals surface area contributed by atoms with Gasteiger partial charge in [0.05, 0.1) is 0 Å². The van der Waals surface area contributed by atoms with Crippen molar-refractivity contribution in [2.75, 3.05) is 25.0 Å². The van der Waals surface area contributed by atoms with Crippen LogP contribution in [0.2, 0.25) is 0 Å². The van der Waals surface area contributed by atoms with E-state index in [1.807, 2.05) is 18.2 Å². The maximum atomic E-state index is 12.2. The van der Waals surface area contributed by atoms with Gasteiger partial charge in [0.25, 0.3) is 0 Å². The van der Waals surface area contributed by atoms with Crippen LogP contribution in [0.5, 0.6) is 5.75 Å². The van der Waals surface area contributed by atoms with E-state index in [1.165, 1.54) is 44.5 Å². The second-order valence-electron chi connectivity index (χ2n) is 6.95. The van der Waals surface area contributed by atoms with Gasteiger partial charge in [0.1, 0.15) is 5.75 Å². The number of hydrogen-bond donors (Lipinski definition) is 1. The van der Waals surface area contributed by atoms with E-state index in [-0.39, 0.29) is 5.91 Å². The molecule has 1 fully saturated rings. The third kappa shape index (κ3) is 6.06. The van der Waals surface area contributed by atoms with E-state index in [9.17, 15) is 9.59 Å². The molecule has 1 aliphatic heterocycles. The van der Waals surface area contributed by atoms with E-state index < -0.39 is 5.97 Å². The maximum Gasteiger partial charge on any atom is 0.308 e. The van der Waals surface area contributed by atoms with Crippen molar-refractivity contribution >= 4 is 23.6 Å². The van der Waals surface area contributed by atoms with E-state index in [1.54, 1.807) is 24.3 Å². The van der Waals surface area contributed by atoms with Gasteiger partial charge in [-0.2, -0.15) is 0 Å². The number of benzene rings is 2. The molecule has 5 heteroatoms. The Balaban J connectivity index is 1.53. The fourth-order valence-electron chi connectivity index (χ4n) is 3.26. The standard InChI is InChI=1S/C23H26N2O3/c1-18(26)28-22-7-3-2-6-20(22)10-13-23(27)24-21-11-8-19(9-12-21)14-17-25-15-4-5-16-25/h2-3,6-13H,4-5,14-17H2,1H3,(H,24,27)/b13-10+. The first-order valence-corrected chi connectivity index (χ1v) is 9.68. The number of nitrogens with zero attached hydrogens (tertiary/aromatic N) is 1. The molecule has 0 radical (unpaired) electrons. The molecule has 0 unspecified atom stereocenters. The number of rotatable bonds is 7. The molecule has 0 aliphatic carbocycles. The molecule has 1 saturated heterocycles. The minimum Gasteiger partial charge on any atom is -0.426 e. The van der Waals surface area contributed by atoms with Crippen LogP contribution >= 0.6 is 0 Å². The summed E-state index contributed by atoms with van der Waals surface area (Å²) in [5.74, 6) is -0.195. The van der Waals surface area contributed by atoms with Gasteiger partial charge < -0.3 is 15.0 Å². The highest BCUT2D eigenvalue weighted by atomic mass is 16.5. The van der Waals surface area contributed by atoms with Crippen molar-refractivity contribution in [3.63, 3.8) is 0 Å². The smallest absolute Gasteiger partial charge is 0.308 e. The molecule has 3 rings (SSSR count). The zero-order valence-electron chi connectivity index (χ0n) is 16.2. The van der Waals surface area contributed by atoms with E-state index in [0.717, 1.165) is 18.7 Å². The summed E-state index contributed by atoms with van der Waals surface area (Å²) in [6.07, 6.45) is 6.72. The van der Waals surface area contributed by atoms with Gasteiger partial charge in [-0.25, -0.2) is 0 Å². The Bertz CT molecular complexity index is 837. The highest BCUT2D eigenvalue weighted by Gasteiger charge is 2.10. The topological polar surface area (TPSA) is 58.6 Å². The van der Waals surface area contributed by atoms with Crippen molar-refractivity contribution in [3.05, 3.63) is 65.7 Å². The van der Waals surface area contributed by atoms with Gasteiger partial charge in [-0.05, 0) is 62.2 Å². The van der Waals surface area contributed by atoms with Gasteiger partial charge in [0.15, 0.2) is 0 Å². The molecule has 1 heterocycles. The summed E-state index contributed by atoms with van der Waals surface area (Å²) in [6.45, 7) is 4.86. The number of nitrogens with one attached hydrogen (secondary N) is 1. The van der Waals surface area contributed by atoms with Crippen molar-refractivity contribution in [1.82, 2.24) is 4.90 Å². The van der Waals surface area contributed by atoms with Crippen molar-refractivity contribution in [2.24, 2.45) is 0 Å². The normalized spacial score (nSPS) is 14.3. The number of anilines is 1. The molecule has 1 amide bonds. The molecule has 1 N–H and O–H groups in total. The molecule has 0 atom stereocenters. The van der Waals surface area contributed by atoms with Gasteiger partial charge in [-0.15, -0.1) is 0 Å². The van der Waals surface area contributed by atoms with E-state index in [2.05, 4.69) is 22.3 Å². The second-order valence-corrected chi connectivity index (χ2v) is 6.95. The molecule has 28 heavy (non-hydrogen) atoms. The summed E-state index contributed by atoms with van der Waals surface area (Å²) in [5, 5.41) is 2.85. The lowest BCUT2D eigenvalue weighted by molar-refractivity contribution is -0.131. The molecule has 2 aromatic carbocycles. The second kappa shape index (κ2) is 9.85. The molecule has 5 nitrogen and oxygen atoms in total. The van der Waals surface area contributed by atoms with Crippen LogP contribution in [0.4, 0.5) is 5.69 Å². The number of ether oxygens (including phenoxy) is 1. The zero-order valence-corrected chi connectivity index (χ0v) is 16.2. The Kier molecular flexibility index (Phi) is 6.98. The summed E-state index contributed by atoms with van der Waals surface area (Å²) in [7, 11) is 0. The maximum absolute atomic E-state index is 12.2. The van der Waals surface area contributed by atoms with Crippen LogP contribution in [-0.4, -0.2) is 36.4 Å². The summed E-state index contributed by atoms with van der Waals surface area (Å²) < 4.78 is 5.14. The van der Waals surface area contributed by atoms with Gasteiger partial charge >= 0.3 is 5.97 Å². The summed E-state index contributed by atoms with van der Waals surface area (Å²) in [5.41, 5.74) is 2.70. The minimum absolute atomic E-state index is 0.234. The van der Waals surface area contributed by atoms with Gasteiger partial charge in [0.2, 0.25) is 5.91 Å². The fraction of sp³-hybridized carbons (Fsp3) is 0.304. The number of esters is 1. The van der Waals surface area contributed by atoms with E-state index >= 15 is 0 Å². The molecule has 0 aromatic heterocycles. The predicted octanol–water partition coefficient (Wildman–Crippen LogP) is 3.90. The molecular formula is C23H26N2O3. The fourth-order valence-corrected chi connectivity index (χ4v) is 3.26. The first kappa shape index (κ1) is 19.8. The van der Waals surface area contributed by atoms with Crippen LogP contribution in [0.1, 0.15) is 30.9 Å². The number of amides is 1. The van der Waals surface area contributed by atoms with E-state index in [4.69, 9.17) is 4.74 Å². The lowest BCUT2D eigenvalue weighted by atomic mass is 10.1. The monoisotopic (exact) mass is 378 g/mol. The summed E-state index contributed by atoms with van der Waals surface area (Å²) in [4.78, 5) is 25.9. The Morgan fingerprint density at radius 3 is 2.50 bits per heavy atom. The summed E-state index contributed by atoms with van der Waals surface area (Å²) in [6, 6.07) is 15.1. The molecule has 1 aliphatic rings. The molecule has 0 spiro atoms. The largest absolute Gasteiger partial charge is 0.426 e. The van der Waals surface area contributed by atoms with Crippen molar-refractivity contribution in [3.8, 4) is 5.75 Å². The molecule has 0 bridgehead atoms. The highest BCUT2D eigenvalue weighted by Crippen LogP contribution is 2.20. The Labute approximate surface area is 166 Å². The SMILES string of the molecule is CC(=O)Oc1ccccc1/C=C/C(=O)Nc1ccc(CCN2CCCC2)cc1. The van der Waals surface area contributed by atoms with Crippen LogP contribution in [0, 0.1) is 0 Å². The van der Waals surface area contributed by atoms with Crippen LogP contribution in [-0.2, 0) is 16.0 Å². The Morgan fingerprint density at radius 2 is 1.79 bits per heavy atom. The lowest BCUT2D eigenvalue weighted by Crippen LogP contribution is -2.21. The number of likely N-dealkylation sites (tertiary alicyclic amines) is 1. The molecular weight excluding hydrogens is 352 g/mol. The van der Waals surface area contributed by atoms with E-state index in [0.29, 0.717) is 11.3 Å². The number of carbonyl (C=O) groups excluding carboxylic acids is 2.